The second-order valence-electron chi connectivity index (χ2n) is 8.48. The lowest BCUT2D eigenvalue weighted by Crippen LogP contribution is -2.39. The molecular formula is C22H21F4N5O2. The van der Waals surface area contributed by atoms with E-state index >= 15 is 0 Å². The van der Waals surface area contributed by atoms with E-state index in [9.17, 15) is 22.4 Å². The zero-order valence-corrected chi connectivity index (χ0v) is 17.8. The molecule has 2 fully saturated rings. The number of nitrogens with zero attached hydrogens (tertiary/aromatic N) is 3. The van der Waals surface area contributed by atoms with Crippen LogP contribution >= 0.6 is 0 Å². The average molecular weight is 463 g/mol. The van der Waals surface area contributed by atoms with Gasteiger partial charge in [-0.3, -0.25) is 4.79 Å². The van der Waals surface area contributed by atoms with Crippen molar-refractivity contribution in [2.75, 3.05) is 23.4 Å². The van der Waals surface area contributed by atoms with Gasteiger partial charge < -0.3 is 19.9 Å². The van der Waals surface area contributed by atoms with Crippen LogP contribution in [0, 0.1) is 12.7 Å². The fourth-order valence-corrected chi connectivity index (χ4v) is 4.62. The summed E-state index contributed by atoms with van der Waals surface area (Å²) in [6, 6.07) is 4.13. The van der Waals surface area contributed by atoms with Crippen LogP contribution in [0.3, 0.4) is 0 Å². The van der Waals surface area contributed by atoms with Crippen LogP contribution in [0.25, 0.3) is 10.9 Å². The molecule has 0 radical (unpaired) electrons. The molecule has 3 atom stereocenters. The number of morpholine rings is 1. The van der Waals surface area contributed by atoms with E-state index in [4.69, 9.17) is 4.74 Å². The van der Waals surface area contributed by atoms with Crippen LogP contribution in [0.2, 0.25) is 0 Å². The maximum atomic E-state index is 14.6. The maximum Gasteiger partial charge on any atom is 0.419 e. The van der Waals surface area contributed by atoms with Crippen LogP contribution in [0.1, 0.15) is 36.2 Å². The summed E-state index contributed by atoms with van der Waals surface area (Å²) in [5.74, 6) is -1.10. The zero-order chi connectivity index (χ0) is 23.5. The van der Waals surface area contributed by atoms with Crippen molar-refractivity contribution in [1.82, 2.24) is 15.2 Å². The molecule has 0 amide bonds. The minimum atomic E-state index is -4.80. The number of anilines is 2. The number of fused-ring (bicyclic) bond motifs is 3. The first-order valence-corrected chi connectivity index (χ1v) is 10.5. The van der Waals surface area contributed by atoms with E-state index in [-0.39, 0.29) is 29.1 Å². The van der Waals surface area contributed by atoms with Crippen LogP contribution in [0.4, 0.5) is 29.1 Å². The summed E-state index contributed by atoms with van der Waals surface area (Å²) in [7, 11) is 0. The van der Waals surface area contributed by atoms with Crippen molar-refractivity contribution in [1.29, 1.82) is 0 Å². The monoisotopic (exact) mass is 463 g/mol. The summed E-state index contributed by atoms with van der Waals surface area (Å²) in [6.45, 7) is 4.38. The second-order valence-corrected chi connectivity index (χ2v) is 8.48. The molecular weight excluding hydrogens is 442 g/mol. The van der Waals surface area contributed by atoms with Crippen molar-refractivity contribution in [3.63, 3.8) is 0 Å². The summed E-state index contributed by atoms with van der Waals surface area (Å²) >= 11 is 0. The van der Waals surface area contributed by atoms with Gasteiger partial charge in [0, 0.05) is 17.5 Å². The van der Waals surface area contributed by atoms with Gasteiger partial charge in [-0.05, 0) is 32.4 Å². The Bertz CT molecular complexity index is 1290. The molecule has 2 N–H and O–H groups in total. The minimum absolute atomic E-state index is 0.0869. The highest BCUT2D eigenvalue weighted by Crippen LogP contribution is 2.36. The number of hydrogen-bond donors (Lipinski definition) is 2. The molecule has 0 aliphatic carbocycles. The standard InChI is InChI=1S/C22H21F4N5O2/c1-10(14-4-3-5-16(18(14)23)22(24,25)26)27-20-15-7-17(31-8-13-6-12(31)9-33-13)21(32)28-19(15)11(2)29-30-20/h3-5,7,10,12-13H,6,8-9H2,1-2H3,(H,27,30)(H,28,32)/t10-,12?,13?/m1/s1. The first-order valence-electron chi connectivity index (χ1n) is 10.5. The molecule has 0 saturated carbocycles. The molecule has 33 heavy (non-hydrogen) atoms. The van der Waals surface area contributed by atoms with E-state index in [0.29, 0.717) is 41.5 Å². The van der Waals surface area contributed by atoms with Crippen molar-refractivity contribution < 1.29 is 22.3 Å². The van der Waals surface area contributed by atoms with Gasteiger partial charge in [-0.25, -0.2) is 4.39 Å². The van der Waals surface area contributed by atoms with Crippen LogP contribution < -0.4 is 15.8 Å². The Morgan fingerprint density at radius 2 is 2.09 bits per heavy atom. The fraction of sp³-hybridized carbons (Fsp3) is 0.409. The maximum absolute atomic E-state index is 14.6. The molecule has 11 heteroatoms. The number of halogens is 4. The number of nitrogens with one attached hydrogen (secondary N) is 2. The van der Waals surface area contributed by atoms with Crippen LogP contribution in [-0.4, -0.2) is 40.5 Å². The molecule has 2 unspecified atom stereocenters. The van der Waals surface area contributed by atoms with Gasteiger partial charge in [0.1, 0.15) is 11.5 Å². The second kappa shape index (κ2) is 7.68. The lowest BCUT2D eigenvalue weighted by molar-refractivity contribution is -0.140. The lowest BCUT2D eigenvalue weighted by atomic mass is 10.0. The Morgan fingerprint density at radius 1 is 1.30 bits per heavy atom. The van der Waals surface area contributed by atoms with Gasteiger partial charge in [0.15, 0.2) is 5.82 Å². The highest BCUT2D eigenvalue weighted by Gasteiger charge is 2.40. The Labute approximate surface area is 185 Å². The Hall–Kier alpha value is -3.21. The number of pyridine rings is 1. The smallest absolute Gasteiger partial charge is 0.374 e. The highest BCUT2D eigenvalue weighted by atomic mass is 19.4. The lowest BCUT2D eigenvalue weighted by Gasteiger charge is -2.28. The quantitative estimate of drug-likeness (QED) is 0.571. The SMILES string of the molecule is Cc1nnc(N[C@H](C)c2cccc(C(F)(F)F)c2F)c2cc(N3CC4CC3CO4)c(=O)[nH]c12. The number of aryl methyl sites for hydroxylation is 1. The summed E-state index contributed by atoms with van der Waals surface area (Å²) in [4.78, 5) is 17.7. The number of benzene rings is 1. The number of ether oxygens (including phenoxy) is 1. The van der Waals surface area contributed by atoms with Gasteiger partial charge in [0.05, 0.1) is 41.6 Å². The molecule has 2 aromatic heterocycles. The van der Waals surface area contributed by atoms with Crippen LogP contribution in [0.15, 0.2) is 29.1 Å². The van der Waals surface area contributed by atoms with Gasteiger partial charge >= 0.3 is 6.18 Å². The molecule has 2 aliphatic rings. The molecule has 3 aromatic rings. The number of H-pyrrole nitrogens is 1. The number of aromatic nitrogens is 3. The van der Waals surface area contributed by atoms with E-state index < -0.39 is 23.6 Å². The third-order valence-electron chi connectivity index (χ3n) is 6.30. The number of rotatable bonds is 4. The summed E-state index contributed by atoms with van der Waals surface area (Å²) < 4.78 is 59.7. The fourth-order valence-electron chi connectivity index (χ4n) is 4.62. The van der Waals surface area contributed by atoms with Crippen LogP contribution in [-0.2, 0) is 10.9 Å². The Kier molecular flexibility index (Phi) is 5.04. The normalized spacial score (nSPS) is 21.1. The van der Waals surface area contributed by atoms with Gasteiger partial charge in [0.25, 0.3) is 5.56 Å². The topological polar surface area (TPSA) is 83.1 Å². The third kappa shape index (κ3) is 3.69. The predicted molar refractivity (Wildman–Crippen MR) is 114 cm³/mol. The van der Waals surface area contributed by atoms with E-state index in [2.05, 4.69) is 20.5 Å². The van der Waals surface area contributed by atoms with Gasteiger partial charge in [-0.15, -0.1) is 5.10 Å². The van der Waals surface area contributed by atoms with Crippen molar-refractivity contribution in [2.45, 2.75) is 44.6 Å². The average Bonchev–Trinajstić information content (AvgIpc) is 3.38. The molecule has 2 saturated heterocycles. The van der Waals surface area contributed by atoms with Gasteiger partial charge in [-0.2, -0.15) is 18.3 Å². The summed E-state index contributed by atoms with van der Waals surface area (Å²) in [6.07, 6.45) is -3.87. The number of aromatic amines is 1. The first-order chi connectivity index (χ1) is 15.6. The van der Waals surface area contributed by atoms with Gasteiger partial charge in [-0.1, -0.05) is 12.1 Å². The third-order valence-corrected chi connectivity index (χ3v) is 6.30. The van der Waals surface area contributed by atoms with Crippen molar-refractivity contribution in [2.24, 2.45) is 0 Å². The molecule has 2 aliphatic heterocycles. The van der Waals surface area contributed by atoms with Crippen molar-refractivity contribution in [3.8, 4) is 0 Å². The molecule has 2 bridgehead atoms. The molecule has 174 valence electrons. The van der Waals surface area contributed by atoms with E-state index in [1.165, 1.54) is 19.1 Å². The van der Waals surface area contributed by atoms with Crippen LogP contribution in [0.5, 0.6) is 0 Å². The Morgan fingerprint density at radius 3 is 2.76 bits per heavy atom. The zero-order valence-electron chi connectivity index (χ0n) is 17.8. The van der Waals surface area contributed by atoms with Gasteiger partial charge in [0.2, 0.25) is 0 Å². The molecule has 1 aromatic carbocycles. The predicted octanol–water partition coefficient (Wildman–Crippen LogP) is 3.94. The summed E-state index contributed by atoms with van der Waals surface area (Å²) in [5.41, 5.74) is -0.340. The van der Waals surface area contributed by atoms with Crippen molar-refractivity contribution in [3.05, 3.63) is 57.3 Å². The number of hydrogen-bond acceptors (Lipinski definition) is 6. The molecule has 0 spiro atoms. The number of alkyl halides is 3. The largest absolute Gasteiger partial charge is 0.419 e. The molecule has 7 nitrogen and oxygen atoms in total. The van der Waals surface area contributed by atoms with E-state index in [1.807, 2.05) is 4.90 Å². The minimum Gasteiger partial charge on any atom is -0.374 e. The Balaban J connectivity index is 1.54. The molecule has 5 rings (SSSR count). The highest BCUT2D eigenvalue weighted by molar-refractivity contribution is 5.92. The van der Waals surface area contributed by atoms with E-state index in [1.54, 1.807) is 13.0 Å². The molecule has 4 heterocycles. The summed E-state index contributed by atoms with van der Waals surface area (Å²) in [5, 5.41) is 11.7. The van der Waals surface area contributed by atoms with Crippen molar-refractivity contribution >= 4 is 22.4 Å². The first kappa shape index (κ1) is 21.6. The van der Waals surface area contributed by atoms with E-state index in [0.717, 1.165) is 6.42 Å².